The lowest BCUT2D eigenvalue weighted by Gasteiger charge is -2.32. The molecule has 1 N–H and O–H groups in total. The van der Waals surface area contributed by atoms with Gasteiger partial charge in [0.25, 0.3) is 0 Å². The van der Waals surface area contributed by atoms with Crippen LogP contribution >= 0.6 is 0 Å². The lowest BCUT2D eigenvalue weighted by atomic mass is 9.93. The van der Waals surface area contributed by atoms with E-state index in [4.69, 9.17) is 10.4 Å². The van der Waals surface area contributed by atoms with E-state index < -0.39 is 21.2 Å². The van der Waals surface area contributed by atoms with Gasteiger partial charge in [-0.3, -0.25) is 4.79 Å². The van der Waals surface area contributed by atoms with Crippen molar-refractivity contribution in [3.63, 3.8) is 0 Å². The average Bonchev–Trinajstić information content (AvgIpc) is 2.38. The van der Waals surface area contributed by atoms with Crippen LogP contribution in [0.2, 0.25) is 0 Å². The summed E-state index contributed by atoms with van der Waals surface area (Å²) in [6.07, 6.45) is 2.37. The number of carboxylic acids is 1. The van der Waals surface area contributed by atoms with Gasteiger partial charge in [-0.15, -0.1) is 0 Å². The molecule has 0 bridgehead atoms. The van der Waals surface area contributed by atoms with Gasteiger partial charge in [0.05, 0.1) is 6.07 Å². The minimum Gasteiger partial charge on any atom is -0.481 e. The van der Waals surface area contributed by atoms with Crippen LogP contribution in [0.5, 0.6) is 0 Å². The van der Waals surface area contributed by atoms with Crippen molar-refractivity contribution in [1.82, 2.24) is 4.31 Å². The molecule has 108 valence electrons. The van der Waals surface area contributed by atoms with E-state index in [-0.39, 0.29) is 18.8 Å². The van der Waals surface area contributed by atoms with Crippen LogP contribution in [-0.4, -0.2) is 42.1 Å². The zero-order valence-electron chi connectivity index (χ0n) is 11.1. The van der Waals surface area contributed by atoms with Gasteiger partial charge in [-0.2, -0.15) is 5.26 Å². The Morgan fingerprint density at radius 1 is 1.47 bits per heavy atom. The standard InChI is InChI=1S/C12H20N2O4S/c1-2-11(9-13)19(17,18)14-7-5-10(6-8-14)3-4-12(15)16/h10-11H,2-8H2,1H3,(H,15,16). The predicted octanol–water partition coefficient (Wildman–Crippen LogP) is 1.20. The molecule has 0 amide bonds. The molecule has 6 nitrogen and oxygen atoms in total. The Hall–Kier alpha value is -1.13. The smallest absolute Gasteiger partial charge is 0.303 e. The summed E-state index contributed by atoms with van der Waals surface area (Å²) in [5.41, 5.74) is 0. The molecular weight excluding hydrogens is 268 g/mol. The molecule has 0 aliphatic carbocycles. The Bertz CT molecular complexity index is 447. The fraction of sp³-hybridized carbons (Fsp3) is 0.833. The molecule has 1 heterocycles. The minimum absolute atomic E-state index is 0.132. The van der Waals surface area contributed by atoms with Gasteiger partial charge in [-0.25, -0.2) is 12.7 Å². The van der Waals surface area contributed by atoms with Crippen LogP contribution in [0.15, 0.2) is 0 Å². The van der Waals surface area contributed by atoms with Crippen molar-refractivity contribution in [3.05, 3.63) is 0 Å². The Labute approximate surface area is 114 Å². The van der Waals surface area contributed by atoms with Crippen molar-refractivity contribution in [2.24, 2.45) is 5.92 Å². The van der Waals surface area contributed by atoms with E-state index in [1.807, 2.05) is 6.07 Å². The number of hydrogen-bond acceptors (Lipinski definition) is 4. The third-order valence-electron chi connectivity index (χ3n) is 3.57. The highest BCUT2D eigenvalue weighted by Gasteiger charge is 2.33. The van der Waals surface area contributed by atoms with Crippen LogP contribution < -0.4 is 0 Å². The molecule has 7 heteroatoms. The lowest BCUT2D eigenvalue weighted by molar-refractivity contribution is -0.137. The average molecular weight is 288 g/mol. The number of piperidine rings is 1. The molecule has 1 fully saturated rings. The number of nitriles is 1. The van der Waals surface area contributed by atoms with Gasteiger partial charge in [0.15, 0.2) is 5.25 Å². The zero-order valence-corrected chi connectivity index (χ0v) is 11.9. The SMILES string of the molecule is CCC(C#N)S(=O)(=O)N1CCC(CCC(=O)O)CC1. The maximum absolute atomic E-state index is 12.1. The first-order chi connectivity index (χ1) is 8.91. The van der Waals surface area contributed by atoms with Crippen LogP contribution in [0, 0.1) is 17.2 Å². The maximum atomic E-state index is 12.1. The summed E-state index contributed by atoms with van der Waals surface area (Å²) >= 11 is 0. The van der Waals surface area contributed by atoms with Gasteiger partial charge in [-0.1, -0.05) is 6.92 Å². The molecule has 1 rings (SSSR count). The lowest BCUT2D eigenvalue weighted by Crippen LogP contribution is -2.43. The van der Waals surface area contributed by atoms with Crippen molar-refractivity contribution in [2.45, 2.75) is 44.3 Å². The topological polar surface area (TPSA) is 98.5 Å². The highest BCUT2D eigenvalue weighted by molar-refractivity contribution is 7.90. The summed E-state index contributed by atoms with van der Waals surface area (Å²) in [7, 11) is -3.52. The van der Waals surface area contributed by atoms with E-state index in [1.165, 1.54) is 4.31 Å². The largest absolute Gasteiger partial charge is 0.481 e. The maximum Gasteiger partial charge on any atom is 0.303 e. The molecule has 19 heavy (non-hydrogen) atoms. The predicted molar refractivity (Wildman–Crippen MR) is 69.8 cm³/mol. The molecule has 0 aromatic heterocycles. The van der Waals surface area contributed by atoms with Gasteiger partial charge < -0.3 is 5.11 Å². The molecule has 0 radical (unpaired) electrons. The van der Waals surface area contributed by atoms with E-state index in [1.54, 1.807) is 6.92 Å². The number of hydrogen-bond donors (Lipinski definition) is 1. The Kier molecular flexibility index (Phi) is 5.76. The Balaban J connectivity index is 2.54. The normalized spacial score (nSPS) is 19.8. The third kappa shape index (κ3) is 4.18. The molecule has 0 aromatic rings. The number of carbonyl (C=O) groups is 1. The first kappa shape index (κ1) is 15.9. The van der Waals surface area contributed by atoms with E-state index in [2.05, 4.69) is 0 Å². The van der Waals surface area contributed by atoms with Crippen LogP contribution in [0.1, 0.15) is 39.0 Å². The first-order valence-corrected chi connectivity index (χ1v) is 8.02. The molecule has 1 atom stereocenters. The van der Waals surface area contributed by atoms with Crippen LogP contribution in [0.25, 0.3) is 0 Å². The third-order valence-corrected chi connectivity index (χ3v) is 5.82. The molecule has 0 aromatic carbocycles. The summed E-state index contributed by atoms with van der Waals surface area (Å²) in [5, 5.41) is 16.5. The van der Waals surface area contributed by atoms with Crippen LogP contribution in [0.4, 0.5) is 0 Å². The second-order valence-corrected chi connectivity index (χ2v) is 6.96. The highest BCUT2D eigenvalue weighted by atomic mass is 32.2. The van der Waals surface area contributed by atoms with Crippen LogP contribution in [-0.2, 0) is 14.8 Å². The van der Waals surface area contributed by atoms with Crippen molar-refractivity contribution < 1.29 is 18.3 Å². The first-order valence-electron chi connectivity index (χ1n) is 6.52. The van der Waals surface area contributed by atoms with Gasteiger partial charge >= 0.3 is 5.97 Å². The number of aliphatic carboxylic acids is 1. The number of nitrogens with zero attached hydrogens (tertiary/aromatic N) is 2. The van der Waals surface area contributed by atoms with Crippen LogP contribution in [0.3, 0.4) is 0 Å². The fourth-order valence-electron chi connectivity index (χ4n) is 2.33. The van der Waals surface area contributed by atoms with Gasteiger partial charge in [0.2, 0.25) is 10.0 Å². The molecule has 0 spiro atoms. The summed E-state index contributed by atoms with van der Waals surface area (Å²) in [4.78, 5) is 10.5. The number of carboxylic acid groups (broad SMARTS) is 1. The molecule has 0 saturated carbocycles. The Morgan fingerprint density at radius 2 is 2.05 bits per heavy atom. The van der Waals surface area contributed by atoms with Crippen molar-refractivity contribution in [3.8, 4) is 6.07 Å². The molecule has 1 aliphatic rings. The van der Waals surface area contributed by atoms with Crippen molar-refractivity contribution >= 4 is 16.0 Å². The van der Waals surface area contributed by atoms with E-state index in [9.17, 15) is 13.2 Å². The second kappa shape index (κ2) is 6.87. The number of rotatable bonds is 6. The molecule has 1 aliphatic heterocycles. The monoisotopic (exact) mass is 288 g/mol. The fourth-order valence-corrected chi connectivity index (χ4v) is 3.96. The zero-order chi connectivity index (χ0) is 14.5. The van der Waals surface area contributed by atoms with Gasteiger partial charge in [0, 0.05) is 19.5 Å². The summed E-state index contributed by atoms with van der Waals surface area (Å²) < 4.78 is 25.6. The summed E-state index contributed by atoms with van der Waals surface area (Å²) in [6, 6.07) is 1.83. The molecular formula is C12H20N2O4S. The van der Waals surface area contributed by atoms with E-state index in [0.717, 1.165) is 0 Å². The van der Waals surface area contributed by atoms with Gasteiger partial charge in [-0.05, 0) is 31.6 Å². The highest BCUT2D eigenvalue weighted by Crippen LogP contribution is 2.25. The quantitative estimate of drug-likeness (QED) is 0.791. The summed E-state index contributed by atoms with van der Waals surface area (Å²) in [5.74, 6) is -0.546. The minimum atomic E-state index is -3.52. The Morgan fingerprint density at radius 3 is 2.47 bits per heavy atom. The van der Waals surface area contributed by atoms with E-state index >= 15 is 0 Å². The van der Waals surface area contributed by atoms with Crippen molar-refractivity contribution in [1.29, 1.82) is 5.26 Å². The summed E-state index contributed by atoms with van der Waals surface area (Å²) in [6.45, 7) is 2.47. The molecule has 1 unspecified atom stereocenters. The van der Waals surface area contributed by atoms with Gasteiger partial charge in [0.1, 0.15) is 0 Å². The second-order valence-electron chi connectivity index (χ2n) is 4.85. The van der Waals surface area contributed by atoms with E-state index in [0.29, 0.717) is 32.4 Å². The molecule has 1 saturated heterocycles. The number of sulfonamides is 1. The van der Waals surface area contributed by atoms with Crippen molar-refractivity contribution in [2.75, 3.05) is 13.1 Å².